The van der Waals surface area contributed by atoms with Crippen molar-refractivity contribution in [2.24, 2.45) is 5.92 Å². The molecule has 3 aromatic rings. The molecule has 0 radical (unpaired) electrons. The molecule has 7 nitrogen and oxygen atoms in total. The number of hydrogen-bond donors (Lipinski definition) is 0. The highest BCUT2D eigenvalue weighted by Gasteiger charge is 2.23. The Labute approximate surface area is 234 Å². The molecule has 0 saturated heterocycles. The van der Waals surface area contributed by atoms with Gasteiger partial charge in [-0.15, -0.1) is 0 Å². The summed E-state index contributed by atoms with van der Waals surface area (Å²) in [4.78, 5) is 17.8. The molecule has 1 fully saturated rings. The molecule has 10 heteroatoms. The molecule has 0 aliphatic heterocycles. The highest BCUT2D eigenvalue weighted by Crippen LogP contribution is 2.31. The van der Waals surface area contributed by atoms with E-state index in [2.05, 4.69) is 21.8 Å². The molecule has 1 aliphatic rings. The summed E-state index contributed by atoms with van der Waals surface area (Å²) >= 11 is 1.69. The van der Waals surface area contributed by atoms with Crippen LogP contribution >= 0.6 is 11.8 Å². The molecule has 2 aromatic heterocycles. The molecule has 0 bridgehead atoms. The number of anilines is 2. The molecular formula is C29H37F2N5O2S. The van der Waals surface area contributed by atoms with Crippen molar-refractivity contribution < 1.29 is 18.3 Å². The number of rotatable bonds is 14. The Morgan fingerprint density at radius 3 is 2.36 bits per heavy atom. The fourth-order valence-corrected chi connectivity index (χ4v) is 5.19. The van der Waals surface area contributed by atoms with Gasteiger partial charge in [-0.2, -0.15) is 11.8 Å². The van der Waals surface area contributed by atoms with E-state index in [0.29, 0.717) is 30.1 Å². The second-order valence-corrected chi connectivity index (χ2v) is 10.6. The van der Waals surface area contributed by atoms with E-state index in [4.69, 9.17) is 14.5 Å². The van der Waals surface area contributed by atoms with Gasteiger partial charge in [0.05, 0.1) is 50.6 Å². The van der Waals surface area contributed by atoms with Gasteiger partial charge < -0.3 is 19.3 Å². The lowest BCUT2D eigenvalue weighted by Crippen LogP contribution is -2.32. The number of halogens is 2. The van der Waals surface area contributed by atoms with Crippen LogP contribution in [0.25, 0.3) is 0 Å². The zero-order chi connectivity index (χ0) is 27.6. The molecule has 2 heterocycles. The smallest absolute Gasteiger partial charge is 0.226 e. The normalized spacial score (nSPS) is 13.5. The molecule has 0 unspecified atom stereocenters. The summed E-state index contributed by atoms with van der Waals surface area (Å²) in [5.41, 5.74) is 1.65. The minimum atomic E-state index is -0.618. The molecule has 0 atom stereocenters. The van der Waals surface area contributed by atoms with E-state index >= 15 is 0 Å². The lowest BCUT2D eigenvalue weighted by Gasteiger charge is -2.30. The van der Waals surface area contributed by atoms with Crippen LogP contribution in [0.5, 0.6) is 11.6 Å². The Bertz CT molecular complexity index is 1170. The van der Waals surface area contributed by atoms with Crippen LogP contribution in [0, 0.1) is 17.6 Å². The lowest BCUT2D eigenvalue weighted by atomic mass is 10.1. The first-order valence-electron chi connectivity index (χ1n) is 13.4. The van der Waals surface area contributed by atoms with Gasteiger partial charge in [0.2, 0.25) is 11.8 Å². The first kappa shape index (κ1) is 28.9. The summed E-state index contributed by atoms with van der Waals surface area (Å²) in [5, 5.41) is 0. The van der Waals surface area contributed by atoms with Crippen molar-refractivity contribution >= 4 is 23.4 Å². The third-order valence-corrected chi connectivity index (χ3v) is 7.59. The summed E-state index contributed by atoms with van der Waals surface area (Å²) in [6.07, 6.45) is 10.2. The predicted molar refractivity (Wildman–Crippen MR) is 153 cm³/mol. The Balaban J connectivity index is 1.67. The summed E-state index contributed by atoms with van der Waals surface area (Å²) in [6, 6.07) is 7.75. The van der Waals surface area contributed by atoms with Crippen molar-refractivity contribution in [2.45, 2.75) is 45.7 Å². The maximum Gasteiger partial charge on any atom is 0.226 e. The maximum atomic E-state index is 14.7. The standard InChI is InChI=1S/C29H37F2N5O2S/c1-4-35(18-21-8-5-6-9-21)27-12-13-28(37-2)34-26(27)20-36(19-23-24(30)10-7-11-25(23)31)29-32-16-22(17-33-29)38-14-15-39-3/h7,10-13,16-17,21H,4-6,8-9,14-15,18-20H2,1-3H3. The summed E-state index contributed by atoms with van der Waals surface area (Å²) in [5.74, 6) is 1.59. The van der Waals surface area contributed by atoms with Crippen LogP contribution in [0.15, 0.2) is 42.7 Å². The Kier molecular flexibility index (Phi) is 10.6. The summed E-state index contributed by atoms with van der Waals surface area (Å²) in [7, 11) is 1.58. The van der Waals surface area contributed by atoms with Gasteiger partial charge >= 0.3 is 0 Å². The maximum absolute atomic E-state index is 14.7. The van der Waals surface area contributed by atoms with Crippen LogP contribution in [-0.4, -0.2) is 53.8 Å². The average Bonchev–Trinajstić information content (AvgIpc) is 3.47. The molecule has 4 rings (SSSR count). The molecule has 0 spiro atoms. The highest BCUT2D eigenvalue weighted by atomic mass is 32.2. The zero-order valence-electron chi connectivity index (χ0n) is 22.9. The van der Waals surface area contributed by atoms with E-state index < -0.39 is 11.6 Å². The van der Waals surface area contributed by atoms with Gasteiger partial charge in [0.15, 0.2) is 5.75 Å². The van der Waals surface area contributed by atoms with E-state index in [0.717, 1.165) is 30.2 Å². The SMILES string of the molecule is CCN(CC1CCCC1)c1ccc(OC)nc1CN(Cc1c(F)cccc1F)c1ncc(OCCSC)cn1. The number of ether oxygens (including phenoxy) is 2. The Morgan fingerprint density at radius 2 is 1.72 bits per heavy atom. The summed E-state index contributed by atoms with van der Waals surface area (Å²) in [6.45, 7) is 4.59. The van der Waals surface area contributed by atoms with Crippen LogP contribution in [-0.2, 0) is 13.1 Å². The van der Waals surface area contributed by atoms with Crippen molar-refractivity contribution in [1.82, 2.24) is 15.0 Å². The number of methoxy groups -OCH3 is 1. The molecule has 1 aromatic carbocycles. The average molecular weight is 558 g/mol. The van der Waals surface area contributed by atoms with Crippen molar-refractivity contribution in [3.63, 3.8) is 0 Å². The highest BCUT2D eigenvalue weighted by molar-refractivity contribution is 7.98. The number of benzene rings is 1. The fourth-order valence-electron chi connectivity index (χ4n) is 4.94. The van der Waals surface area contributed by atoms with E-state index in [-0.39, 0.29) is 18.7 Å². The van der Waals surface area contributed by atoms with Crippen LogP contribution in [0.4, 0.5) is 20.4 Å². The third kappa shape index (κ3) is 7.71. The van der Waals surface area contributed by atoms with Crippen molar-refractivity contribution in [3.05, 3.63) is 65.6 Å². The van der Waals surface area contributed by atoms with Gasteiger partial charge in [0, 0.05) is 30.5 Å². The van der Waals surface area contributed by atoms with Gasteiger partial charge in [-0.25, -0.2) is 23.7 Å². The molecule has 210 valence electrons. The molecular weight excluding hydrogens is 520 g/mol. The monoisotopic (exact) mass is 557 g/mol. The fraction of sp³-hybridized carbons (Fsp3) is 0.483. The van der Waals surface area contributed by atoms with Crippen molar-refractivity contribution in [2.75, 3.05) is 48.6 Å². The molecule has 0 N–H and O–H groups in total. The van der Waals surface area contributed by atoms with Gasteiger partial charge in [-0.05, 0) is 50.1 Å². The number of aromatic nitrogens is 3. The van der Waals surface area contributed by atoms with Crippen LogP contribution in [0.2, 0.25) is 0 Å². The van der Waals surface area contributed by atoms with E-state index in [1.54, 1.807) is 36.2 Å². The summed E-state index contributed by atoms with van der Waals surface area (Å²) < 4.78 is 40.6. The number of hydrogen-bond acceptors (Lipinski definition) is 8. The predicted octanol–water partition coefficient (Wildman–Crippen LogP) is 6.12. The second-order valence-electron chi connectivity index (χ2n) is 9.62. The first-order valence-corrected chi connectivity index (χ1v) is 14.8. The minimum absolute atomic E-state index is 0.0517. The van der Waals surface area contributed by atoms with Crippen molar-refractivity contribution in [3.8, 4) is 11.6 Å². The second kappa shape index (κ2) is 14.3. The zero-order valence-corrected chi connectivity index (χ0v) is 23.7. The molecule has 0 amide bonds. The van der Waals surface area contributed by atoms with E-state index in [1.165, 1.54) is 43.9 Å². The molecule has 1 aliphatic carbocycles. The van der Waals surface area contributed by atoms with Gasteiger partial charge in [0.1, 0.15) is 11.6 Å². The van der Waals surface area contributed by atoms with Gasteiger partial charge in [-0.1, -0.05) is 18.9 Å². The van der Waals surface area contributed by atoms with Gasteiger partial charge in [0.25, 0.3) is 0 Å². The number of thioether (sulfide) groups is 1. The number of nitrogens with zero attached hydrogens (tertiary/aromatic N) is 5. The quantitative estimate of drug-likeness (QED) is 0.220. The molecule has 39 heavy (non-hydrogen) atoms. The Morgan fingerprint density at radius 1 is 1.00 bits per heavy atom. The van der Waals surface area contributed by atoms with E-state index in [1.807, 2.05) is 18.4 Å². The van der Waals surface area contributed by atoms with E-state index in [9.17, 15) is 8.78 Å². The first-order chi connectivity index (χ1) is 19.0. The van der Waals surface area contributed by atoms with Crippen LogP contribution in [0.3, 0.4) is 0 Å². The van der Waals surface area contributed by atoms with Crippen molar-refractivity contribution in [1.29, 1.82) is 0 Å². The Hall–Kier alpha value is -3.14. The van der Waals surface area contributed by atoms with Crippen LogP contribution in [0.1, 0.15) is 43.9 Å². The topological polar surface area (TPSA) is 63.6 Å². The van der Waals surface area contributed by atoms with Crippen LogP contribution < -0.4 is 19.3 Å². The molecule has 1 saturated carbocycles. The third-order valence-electron chi connectivity index (χ3n) is 7.01. The minimum Gasteiger partial charge on any atom is -0.489 e. The largest absolute Gasteiger partial charge is 0.489 e. The lowest BCUT2D eigenvalue weighted by molar-refractivity contribution is 0.341. The van der Waals surface area contributed by atoms with Gasteiger partial charge in [-0.3, -0.25) is 0 Å². The number of pyridine rings is 1.